The summed E-state index contributed by atoms with van der Waals surface area (Å²) in [5.74, 6) is 1.02. The van der Waals surface area contributed by atoms with Crippen molar-refractivity contribution in [2.45, 2.75) is 51.1 Å². The molecular weight excluding hydrogens is 364 g/mol. The lowest BCUT2D eigenvalue weighted by molar-refractivity contribution is 0.0933. The Morgan fingerprint density at radius 2 is 2.04 bits per heavy atom. The maximum atomic E-state index is 12.7. The number of ether oxygens (including phenoxy) is 1. The fourth-order valence-electron chi connectivity index (χ4n) is 3.33. The molecule has 7 heteroatoms. The Bertz CT molecular complexity index is 776. The summed E-state index contributed by atoms with van der Waals surface area (Å²) in [4.78, 5) is 21.0. The highest BCUT2D eigenvalue weighted by atomic mass is 35.5. The van der Waals surface area contributed by atoms with Crippen molar-refractivity contribution in [2.75, 3.05) is 12.4 Å². The molecule has 0 aliphatic heterocycles. The van der Waals surface area contributed by atoms with Crippen LogP contribution in [0.2, 0.25) is 5.02 Å². The maximum Gasteiger partial charge on any atom is 0.256 e. The first-order chi connectivity index (χ1) is 13.2. The molecule has 0 spiro atoms. The molecule has 3 rings (SSSR count). The molecule has 2 N–H and O–H groups in total. The first-order valence-electron chi connectivity index (χ1n) is 9.34. The van der Waals surface area contributed by atoms with E-state index in [1.54, 1.807) is 13.3 Å². The summed E-state index contributed by atoms with van der Waals surface area (Å²) in [7, 11) is 1.58. The van der Waals surface area contributed by atoms with Crippen LogP contribution >= 0.6 is 11.6 Å². The predicted octanol–water partition coefficient (Wildman–Crippen LogP) is 4.20. The van der Waals surface area contributed by atoms with Crippen molar-refractivity contribution in [1.29, 1.82) is 0 Å². The van der Waals surface area contributed by atoms with Gasteiger partial charge in [0.25, 0.3) is 5.91 Å². The zero-order valence-corrected chi connectivity index (χ0v) is 16.3. The molecule has 1 aromatic carbocycles. The zero-order chi connectivity index (χ0) is 19.1. The Hall–Kier alpha value is -2.34. The lowest BCUT2D eigenvalue weighted by atomic mass is 10.1. The molecule has 1 aromatic heterocycles. The molecule has 1 heterocycles. The molecule has 1 amide bonds. The second-order valence-electron chi connectivity index (χ2n) is 6.77. The van der Waals surface area contributed by atoms with E-state index in [1.165, 1.54) is 32.0 Å². The topological polar surface area (TPSA) is 76.1 Å². The van der Waals surface area contributed by atoms with Crippen LogP contribution < -0.4 is 15.4 Å². The molecule has 1 saturated carbocycles. The largest absolute Gasteiger partial charge is 0.495 e. The van der Waals surface area contributed by atoms with Gasteiger partial charge >= 0.3 is 0 Å². The number of nitrogens with one attached hydrogen (secondary N) is 2. The average molecular weight is 389 g/mol. The summed E-state index contributed by atoms with van der Waals surface area (Å²) in [6.07, 6.45) is 9.89. The predicted molar refractivity (Wildman–Crippen MR) is 106 cm³/mol. The van der Waals surface area contributed by atoms with Gasteiger partial charge in [0.2, 0.25) is 0 Å². The van der Waals surface area contributed by atoms with Gasteiger partial charge in [0, 0.05) is 18.8 Å². The number of aromatic nitrogens is 2. The quantitative estimate of drug-likeness (QED) is 0.725. The number of carbonyl (C=O) groups excluding carboxylic acids is 1. The van der Waals surface area contributed by atoms with E-state index < -0.39 is 0 Å². The van der Waals surface area contributed by atoms with Gasteiger partial charge in [-0.05, 0) is 30.5 Å². The number of hydrogen-bond donors (Lipinski definition) is 2. The number of methoxy groups -OCH3 is 1. The Morgan fingerprint density at radius 1 is 1.26 bits per heavy atom. The fraction of sp³-hybridized carbons (Fsp3) is 0.450. The molecule has 0 bridgehead atoms. The van der Waals surface area contributed by atoms with Crippen LogP contribution in [0.5, 0.6) is 5.75 Å². The van der Waals surface area contributed by atoms with Crippen LogP contribution in [0.15, 0.2) is 30.7 Å². The lowest BCUT2D eigenvalue weighted by Gasteiger charge is -2.17. The fourth-order valence-corrected chi connectivity index (χ4v) is 3.61. The van der Waals surface area contributed by atoms with Gasteiger partial charge in [0.1, 0.15) is 23.5 Å². The number of amides is 1. The van der Waals surface area contributed by atoms with Gasteiger partial charge in [0.15, 0.2) is 0 Å². The van der Waals surface area contributed by atoms with E-state index in [0.29, 0.717) is 28.7 Å². The van der Waals surface area contributed by atoms with Crippen molar-refractivity contribution in [1.82, 2.24) is 15.3 Å². The van der Waals surface area contributed by atoms with E-state index in [2.05, 4.69) is 20.6 Å². The number of nitrogens with zero attached hydrogens (tertiary/aromatic N) is 2. The van der Waals surface area contributed by atoms with Crippen molar-refractivity contribution in [2.24, 2.45) is 0 Å². The Balaban J connectivity index is 1.66. The van der Waals surface area contributed by atoms with Crippen molar-refractivity contribution >= 4 is 23.3 Å². The van der Waals surface area contributed by atoms with Crippen LogP contribution in [0.4, 0.5) is 5.82 Å². The van der Waals surface area contributed by atoms with Gasteiger partial charge in [-0.25, -0.2) is 9.97 Å². The van der Waals surface area contributed by atoms with Crippen LogP contribution in [0, 0.1) is 0 Å². The average Bonchev–Trinajstić information content (AvgIpc) is 2.95. The second kappa shape index (κ2) is 9.55. The van der Waals surface area contributed by atoms with Crippen LogP contribution in [-0.4, -0.2) is 29.0 Å². The highest BCUT2D eigenvalue weighted by molar-refractivity contribution is 6.32. The summed E-state index contributed by atoms with van der Waals surface area (Å²) in [6.45, 7) is 0.491. The van der Waals surface area contributed by atoms with Gasteiger partial charge in [-0.1, -0.05) is 43.4 Å². The third-order valence-electron chi connectivity index (χ3n) is 4.82. The lowest BCUT2D eigenvalue weighted by Crippen LogP contribution is -2.35. The summed E-state index contributed by atoms with van der Waals surface area (Å²) in [5, 5.41) is 6.90. The van der Waals surface area contributed by atoms with Crippen LogP contribution in [0.3, 0.4) is 0 Å². The van der Waals surface area contributed by atoms with Gasteiger partial charge in [-0.3, -0.25) is 4.79 Å². The minimum absolute atomic E-state index is 0.127. The number of benzene rings is 1. The molecule has 1 aliphatic carbocycles. The molecule has 0 unspecified atom stereocenters. The number of anilines is 1. The first-order valence-corrected chi connectivity index (χ1v) is 9.72. The SMILES string of the molecule is COc1ccc(CNc2ncncc2C(=O)NC2CCCCCC2)cc1Cl. The third kappa shape index (κ3) is 5.32. The van der Waals surface area contributed by atoms with Crippen molar-refractivity contribution in [3.63, 3.8) is 0 Å². The van der Waals surface area contributed by atoms with Gasteiger partial charge < -0.3 is 15.4 Å². The molecule has 144 valence electrons. The van der Waals surface area contributed by atoms with Gasteiger partial charge in [-0.2, -0.15) is 0 Å². The molecule has 27 heavy (non-hydrogen) atoms. The number of rotatable bonds is 6. The summed E-state index contributed by atoms with van der Waals surface area (Å²) >= 11 is 6.17. The second-order valence-corrected chi connectivity index (χ2v) is 7.18. The minimum atomic E-state index is -0.127. The summed E-state index contributed by atoms with van der Waals surface area (Å²) in [5.41, 5.74) is 1.43. The van der Waals surface area contributed by atoms with E-state index in [0.717, 1.165) is 18.4 Å². The van der Waals surface area contributed by atoms with Gasteiger partial charge in [0.05, 0.1) is 12.1 Å². The van der Waals surface area contributed by atoms with Crippen molar-refractivity contribution in [3.05, 3.63) is 46.9 Å². The normalized spacial score (nSPS) is 15.0. The standard InChI is InChI=1S/C20H25ClN4O2/c1-27-18-9-8-14(10-17(18)21)11-23-19-16(12-22-13-24-19)20(26)25-15-6-4-2-3-5-7-15/h8-10,12-13,15H,2-7,11H2,1H3,(H,25,26)(H,22,23,24). The number of carbonyl (C=O) groups is 1. The summed E-state index contributed by atoms with van der Waals surface area (Å²) < 4.78 is 5.17. The van der Waals surface area contributed by atoms with E-state index in [-0.39, 0.29) is 11.9 Å². The molecule has 2 aromatic rings. The zero-order valence-electron chi connectivity index (χ0n) is 15.5. The Labute approximate surface area is 164 Å². The van der Waals surface area contributed by atoms with Crippen LogP contribution in [-0.2, 0) is 6.54 Å². The van der Waals surface area contributed by atoms with E-state index in [9.17, 15) is 4.79 Å². The molecule has 1 aliphatic rings. The highest BCUT2D eigenvalue weighted by Gasteiger charge is 2.18. The van der Waals surface area contributed by atoms with Crippen LogP contribution in [0.1, 0.15) is 54.4 Å². The molecule has 0 radical (unpaired) electrons. The molecule has 6 nitrogen and oxygen atoms in total. The highest BCUT2D eigenvalue weighted by Crippen LogP contribution is 2.25. The van der Waals surface area contributed by atoms with Gasteiger partial charge in [-0.15, -0.1) is 0 Å². The van der Waals surface area contributed by atoms with E-state index in [4.69, 9.17) is 16.3 Å². The smallest absolute Gasteiger partial charge is 0.256 e. The molecular formula is C20H25ClN4O2. The first kappa shape index (κ1) is 19.4. The molecule has 1 fully saturated rings. The number of halogens is 1. The molecule has 0 atom stereocenters. The Kier molecular flexibility index (Phi) is 6.87. The van der Waals surface area contributed by atoms with E-state index >= 15 is 0 Å². The maximum absolute atomic E-state index is 12.7. The Morgan fingerprint density at radius 3 is 2.74 bits per heavy atom. The minimum Gasteiger partial charge on any atom is -0.495 e. The van der Waals surface area contributed by atoms with Crippen molar-refractivity contribution in [3.8, 4) is 5.75 Å². The third-order valence-corrected chi connectivity index (χ3v) is 5.12. The summed E-state index contributed by atoms with van der Waals surface area (Å²) in [6, 6.07) is 5.80. The monoisotopic (exact) mass is 388 g/mol. The number of hydrogen-bond acceptors (Lipinski definition) is 5. The van der Waals surface area contributed by atoms with Crippen molar-refractivity contribution < 1.29 is 9.53 Å². The van der Waals surface area contributed by atoms with E-state index in [1.807, 2.05) is 18.2 Å². The molecule has 0 saturated heterocycles. The van der Waals surface area contributed by atoms with Crippen LogP contribution in [0.25, 0.3) is 0 Å².